The highest BCUT2D eigenvalue weighted by atomic mass is 35.5. The first kappa shape index (κ1) is 15.6. The first-order valence-corrected chi connectivity index (χ1v) is 7.72. The van der Waals surface area contributed by atoms with Crippen LogP contribution in [-0.2, 0) is 4.79 Å². The molecule has 3 rings (SSSR count). The molecule has 0 unspecified atom stereocenters. The predicted molar refractivity (Wildman–Crippen MR) is 85.0 cm³/mol. The van der Waals surface area contributed by atoms with Gasteiger partial charge in [-0.2, -0.15) is 5.10 Å². The third kappa shape index (κ3) is 2.70. The number of carbonyl (C=O) groups excluding carboxylic acids is 1. The van der Waals surface area contributed by atoms with E-state index in [0.29, 0.717) is 41.4 Å². The lowest BCUT2D eigenvalue weighted by molar-refractivity contribution is -0.141. The molecule has 1 atom stereocenters. The second-order valence-electron chi connectivity index (χ2n) is 5.50. The molecule has 1 aliphatic heterocycles. The van der Waals surface area contributed by atoms with Gasteiger partial charge in [0.2, 0.25) is 0 Å². The number of carboxylic acids is 1. The van der Waals surface area contributed by atoms with Crippen LogP contribution in [0.1, 0.15) is 28.9 Å². The molecule has 1 fully saturated rings. The zero-order valence-electron chi connectivity index (χ0n) is 12.6. The van der Waals surface area contributed by atoms with Crippen LogP contribution in [-0.4, -0.2) is 44.3 Å². The van der Waals surface area contributed by atoms with E-state index in [2.05, 4.69) is 5.10 Å². The summed E-state index contributed by atoms with van der Waals surface area (Å²) < 4.78 is 1.60. The van der Waals surface area contributed by atoms with Crippen molar-refractivity contribution in [1.29, 1.82) is 0 Å². The molecule has 1 amide bonds. The van der Waals surface area contributed by atoms with Gasteiger partial charge in [-0.05, 0) is 31.9 Å². The van der Waals surface area contributed by atoms with E-state index in [0.717, 1.165) is 0 Å². The molecule has 6 nitrogen and oxygen atoms in total. The largest absolute Gasteiger partial charge is 0.480 e. The van der Waals surface area contributed by atoms with Crippen molar-refractivity contribution in [2.24, 2.45) is 0 Å². The molecule has 0 bridgehead atoms. The molecule has 0 saturated carbocycles. The lowest BCUT2D eigenvalue weighted by Crippen LogP contribution is -2.40. The summed E-state index contributed by atoms with van der Waals surface area (Å²) in [5.74, 6) is -1.27. The van der Waals surface area contributed by atoms with E-state index in [9.17, 15) is 14.7 Å². The summed E-state index contributed by atoms with van der Waals surface area (Å²) >= 11 is 6.18. The molecule has 0 radical (unpaired) electrons. The fourth-order valence-electron chi connectivity index (χ4n) is 2.91. The van der Waals surface area contributed by atoms with Crippen LogP contribution in [0.2, 0.25) is 5.02 Å². The lowest BCUT2D eigenvalue weighted by Gasteiger charge is -2.21. The number of likely N-dealkylation sites (tertiary alicyclic amines) is 1. The van der Waals surface area contributed by atoms with Crippen molar-refractivity contribution in [3.05, 3.63) is 46.7 Å². The molecule has 120 valence electrons. The maximum atomic E-state index is 12.7. The van der Waals surface area contributed by atoms with Crippen LogP contribution in [0.5, 0.6) is 0 Å². The Morgan fingerprint density at radius 3 is 2.78 bits per heavy atom. The minimum atomic E-state index is -0.966. The number of carboxylic acid groups (broad SMARTS) is 1. The molecule has 1 aromatic carbocycles. The number of nitrogens with zero attached hydrogens (tertiary/aromatic N) is 3. The van der Waals surface area contributed by atoms with Gasteiger partial charge >= 0.3 is 5.97 Å². The number of rotatable bonds is 3. The molecule has 0 spiro atoms. The number of aromatic nitrogens is 2. The molecule has 1 saturated heterocycles. The molecule has 1 aliphatic rings. The molecule has 23 heavy (non-hydrogen) atoms. The molecule has 1 aromatic heterocycles. The van der Waals surface area contributed by atoms with Crippen LogP contribution < -0.4 is 0 Å². The summed E-state index contributed by atoms with van der Waals surface area (Å²) in [5.41, 5.74) is 1.72. The first-order valence-electron chi connectivity index (χ1n) is 7.34. The summed E-state index contributed by atoms with van der Waals surface area (Å²) in [4.78, 5) is 25.4. The van der Waals surface area contributed by atoms with Gasteiger partial charge in [0.05, 0.1) is 28.2 Å². The summed E-state index contributed by atoms with van der Waals surface area (Å²) in [5, 5.41) is 14.0. The molecule has 0 aliphatic carbocycles. The number of hydrogen-bond donors (Lipinski definition) is 1. The van der Waals surface area contributed by atoms with Crippen molar-refractivity contribution in [2.45, 2.75) is 25.8 Å². The fraction of sp³-hybridized carbons (Fsp3) is 0.312. The predicted octanol–water partition coefficient (Wildman–Crippen LogP) is 2.52. The van der Waals surface area contributed by atoms with Crippen LogP contribution in [0.25, 0.3) is 5.69 Å². The van der Waals surface area contributed by atoms with Crippen molar-refractivity contribution < 1.29 is 14.7 Å². The van der Waals surface area contributed by atoms with Crippen molar-refractivity contribution in [3.63, 3.8) is 0 Å². The third-order valence-corrected chi connectivity index (χ3v) is 4.44. The Hall–Kier alpha value is -2.34. The van der Waals surface area contributed by atoms with Crippen LogP contribution in [0, 0.1) is 6.92 Å². The van der Waals surface area contributed by atoms with Gasteiger partial charge in [-0.1, -0.05) is 23.7 Å². The summed E-state index contributed by atoms with van der Waals surface area (Å²) in [6.07, 6.45) is 2.65. The zero-order chi connectivity index (χ0) is 16.6. The number of para-hydroxylation sites is 1. The van der Waals surface area contributed by atoms with Crippen molar-refractivity contribution in [1.82, 2.24) is 14.7 Å². The maximum absolute atomic E-state index is 12.7. The Balaban J connectivity index is 1.95. The number of halogens is 1. The topological polar surface area (TPSA) is 75.4 Å². The van der Waals surface area contributed by atoms with Crippen molar-refractivity contribution >= 4 is 23.5 Å². The van der Waals surface area contributed by atoms with E-state index in [4.69, 9.17) is 11.6 Å². The summed E-state index contributed by atoms with van der Waals surface area (Å²) in [6, 6.07) is 6.46. The second-order valence-corrected chi connectivity index (χ2v) is 5.91. The van der Waals surface area contributed by atoms with Gasteiger partial charge < -0.3 is 10.0 Å². The molecular formula is C16H16ClN3O3. The Morgan fingerprint density at radius 2 is 2.09 bits per heavy atom. The number of hydrogen-bond acceptors (Lipinski definition) is 3. The van der Waals surface area contributed by atoms with Crippen LogP contribution in [0.15, 0.2) is 30.5 Å². The van der Waals surface area contributed by atoms with E-state index < -0.39 is 12.0 Å². The SMILES string of the molecule is Cc1c(C(=O)N2CCC[C@H]2C(=O)O)cnn1-c1ccccc1Cl. The van der Waals surface area contributed by atoms with Gasteiger partial charge in [0.1, 0.15) is 6.04 Å². The Kier molecular flexibility index (Phi) is 4.09. The van der Waals surface area contributed by atoms with E-state index in [-0.39, 0.29) is 5.91 Å². The van der Waals surface area contributed by atoms with E-state index >= 15 is 0 Å². The highest BCUT2D eigenvalue weighted by Gasteiger charge is 2.35. The molecule has 7 heteroatoms. The second kappa shape index (κ2) is 6.04. The smallest absolute Gasteiger partial charge is 0.326 e. The normalized spacial score (nSPS) is 17.5. The van der Waals surface area contributed by atoms with Gasteiger partial charge in [0, 0.05) is 6.54 Å². The fourth-order valence-corrected chi connectivity index (χ4v) is 3.12. The van der Waals surface area contributed by atoms with Gasteiger partial charge in [-0.15, -0.1) is 0 Å². The highest BCUT2D eigenvalue weighted by molar-refractivity contribution is 6.32. The third-order valence-electron chi connectivity index (χ3n) is 4.12. The van der Waals surface area contributed by atoms with Gasteiger partial charge in [-0.3, -0.25) is 4.79 Å². The van der Waals surface area contributed by atoms with Crippen LogP contribution in [0.3, 0.4) is 0 Å². The Bertz CT molecular complexity index is 772. The molecule has 1 N–H and O–H groups in total. The molecule has 2 heterocycles. The summed E-state index contributed by atoms with van der Waals surface area (Å²) in [6.45, 7) is 2.22. The molecule has 2 aromatic rings. The number of aliphatic carboxylic acids is 1. The van der Waals surface area contributed by atoms with Crippen LogP contribution >= 0.6 is 11.6 Å². The van der Waals surface area contributed by atoms with Crippen LogP contribution in [0.4, 0.5) is 0 Å². The van der Waals surface area contributed by atoms with Gasteiger partial charge in [0.15, 0.2) is 0 Å². The average Bonchev–Trinajstić information content (AvgIpc) is 3.14. The van der Waals surface area contributed by atoms with E-state index in [1.807, 2.05) is 18.2 Å². The van der Waals surface area contributed by atoms with Crippen molar-refractivity contribution in [2.75, 3.05) is 6.54 Å². The summed E-state index contributed by atoms with van der Waals surface area (Å²) in [7, 11) is 0. The minimum Gasteiger partial charge on any atom is -0.480 e. The highest BCUT2D eigenvalue weighted by Crippen LogP contribution is 2.25. The number of carbonyl (C=O) groups is 2. The minimum absolute atomic E-state index is 0.300. The van der Waals surface area contributed by atoms with E-state index in [1.165, 1.54) is 11.1 Å². The monoisotopic (exact) mass is 333 g/mol. The Morgan fingerprint density at radius 1 is 1.35 bits per heavy atom. The van der Waals surface area contributed by atoms with E-state index in [1.54, 1.807) is 17.7 Å². The standard InChI is InChI=1S/C16H16ClN3O3/c1-10-11(15(21)19-8-4-7-14(19)16(22)23)9-18-20(10)13-6-3-2-5-12(13)17/h2-3,5-6,9,14H,4,7-8H2,1H3,(H,22,23)/t14-/m0/s1. The zero-order valence-corrected chi connectivity index (χ0v) is 13.3. The molecular weight excluding hydrogens is 318 g/mol. The van der Waals surface area contributed by atoms with Crippen molar-refractivity contribution in [3.8, 4) is 5.69 Å². The number of benzene rings is 1. The number of amides is 1. The quantitative estimate of drug-likeness (QED) is 0.936. The maximum Gasteiger partial charge on any atom is 0.326 e. The first-order chi connectivity index (χ1) is 11.0. The average molecular weight is 334 g/mol. The Labute approximate surface area is 138 Å². The van der Waals surface area contributed by atoms with Gasteiger partial charge in [0.25, 0.3) is 5.91 Å². The van der Waals surface area contributed by atoms with Gasteiger partial charge in [-0.25, -0.2) is 9.48 Å². The lowest BCUT2D eigenvalue weighted by atomic mass is 10.2.